The molecule has 14 heavy (non-hydrogen) atoms. The summed E-state index contributed by atoms with van der Waals surface area (Å²) in [5.41, 5.74) is 2.45. The lowest BCUT2D eigenvalue weighted by Gasteiger charge is -2.20. The lowest BCUT2D eigenvalue weighted by Crippen LogP contribution is -2.13. The molecule has 1 aromatic rings. The van der Waals surface area contributed by atoms with Crippen LogP contribution >= 0.6 is 0 Å². The summed E-state index contributed by atoms with van der Waals surface area (Å²) >= 11 is 0. The molecule has 1 aromatic carbocycles. The van der Waals surface area contributed by atoms with E-state index in [-0.39, 0.29) is 5.56 Å². The molecule has 1 heterocycles. The van der Waals surface area contributed by atoms with E-state index in [9.17, 15) is 4.79 Å². The van der Waals surface area contributed by atoms with Crippen molar-refractivity contribution in [2.24, 2.45) is 0 Å². The SMILES string of the molecule is Cc1ccc(C(=O)O)c2c1CCCO2. The average Bonchev–Trinajstić information content (AvgIpc) is 2.18. The second kappa shape index (κ2) is 3.33. The Balaban J connectivity index is 2.59. The highest BCUT2D eigenvalue weighted by atomic mass is 16.5. The summed E-state index contributed by atoms with van der Waals surface area (Å²) in [6, 6.07) is 3.46. The number of rotatable bonds is 1. The molecule has 0 unspecified atom stereocenters. The number of carboxylic acids is 1. The van der Waals surface area contributed by atoms with Gasteiger partial charge in [-0.3, -0.25) is 0 Å². The molecule has 3 heteroatoms. The van der Waals surface area contributed by atoms with Crippen LogP contribution in [0.25, 0.3) is 0 Å². The molecule has 1 N–H and O–H groups in total. The van der Waals surface area contributed by atoms with Gasteiger partial charge in [-0.1, -0.05) is 6.07 Å². The first-order chi connectivity index (χ1) is 6.70. The maximum Gasteiger partial charge on any atom is 0.339 e. The van der Waals surface area contributed by atoms with Crippen LogP contribution in [0.4, 0.5) is 0 Å². The first-order valence-electron chi connectivity index (χ1n) is 4.68. The fraction of sp³-hybridized carbons (Fsp3) is 0.364. The molecule has 0 aliphatic carbocycles. The normalized spacial score (nSPS) is 14.4. The summed E-state index contributed by atoms with van der Waals surface area (Å²) in [4.78, 5) is 10.9. The van der Waals surface area contributed by atoms with Gasteiger partial charge in [0.2, 0.25) is 0 Å². The number of carbonyl (C=O) groups is 1. The highest BCUT2D eigenvalue weighted by molar-refractivity contribution is 5.91. The van der Waals surface area contributed by atoms with Crippen molar-refractivity contribution in [3.05, 3.63) is 28.8 Å². The van der Waals surface area contributed by atoms with Crippen molar-refractivity contribution in [3.63, 3.8) is 0 Å². The van der Waals surface area contributed by atoms with E-state index in [0.29, 0.717) is 12.4 Å². The van der Waals surface area contributed by atoms with Crippen molar-refractivity contribution in [3.8, 4) is 5.75 Å². The Morgan fingerprint density at radius 3 is 3.00 bits per heavy atom. The lowest BCUT2D eigenvalue weighted by atomic mass is 9.97. The standard InChI is InChI=1S/C11H12O3/c1-7-4-5-9(11(12)13)10-8(7)3-2-6-14-10/h4-5H,2-3,6H2,1H3,(H,12,13). The van der Waals surface area contributed by atoms with E-state index in [2.05, 4.69) is 0 Å². The van der Waals surface area contributed by atoms with Gasteiger partial charge in [0.15, 0.2) is 0 Å². The van der Waals surface area contributed by atoms with Crippen LogP contribution in [-0.2, 0) is 6.42 Å². The van der Waals surface area contributed by atoms with Gasteiger partial charge in [-0.2, -0.15) is 0 Å². The van der Waals surface area contributed by atoms with Crippen LogP contribution < -0.4 is 4.74 Å². The minimum absolute atomic E-state index is 0.283. The molecule has 0 atom stereocenters. The molecule has 1 aliphatic rings. The zero-order valence-corrected chi connectivity index (χ0v) is 8.04. The third-order valence-electron chi connectivity index (χ3n) is 2.54. The number of hydrogen-bond donors (Lipinski definition) is 1. The Labute approximate surface area is 82.3 Å². The van der Waals surface area contributed by atoms with Crippen LogP contribution in [0, 0.1) is 6.92 Å². The third kappa shape index (κ3) is 1.35. The highest BCUT2D eigenvalue weighted by Gasteiger charge is 2.20. The first-order valence-corrected chi connectivity index (χ1v) is 4.68. The third-order valence-corrected chi connectivity index (χ3v) is 2.54. The average molecular weight is 192 g/mol. The number of ether oxygens (including phenoxy) is 1. The molecule has 74 valence electrons. The lowest BCUT2D eigenvalue weighted by molar-refractivity contribution is 0.0691. The molecule has 0 bridgehead atoms. The van der Waals surface area contributed by atoms with Gasteiger partial charge in [-0.05, 0) is 37.0 Å². The van der Waals surface area contributed by atoms with E-state index in [1.807, 2.05) is 13.0 Å². The summed E-state index contributed by atoms with van der Waals surface area (Å²) in [6.07, 6.45) is 1.89. The van der Waals surface area contributed by atoms with Crippen LogP contribution in [-0.4, -0.2) is 17.7 Å². The molecular weight excluding hydrogens is 180 g/mol. The van der Waals surface area contributed by atoms with Crippen molar-refractivity contribution in [2.75, 3.05) is 6.61 Å². The summed E-state index contributed by atoms with van der Waals surface area (Å²) < 4.78 is 5.42. The molecule has 0 amide bonds. The highest BCUT2D eigenvalue weighted by Crippen LogP contribution is 2.31. The fourth-order valence-corrected chi connectivity index (χ4v) is 1.79. The van der Waals surface area contributed by atoms with E-state index in [0.717, 1.165) is 24.0 Å². The Morgan fingerprint density at radius 1 is 1.50 bits per heavy atom. The molecule has 0 saturated carbocycles. The molecule has 0 radical (unpaired) electrons. The number of aryl methyl sites for hydroxylation is 1. The van der Waals surface area contributed by atoms with Gasteiger partial charge < -0.3 is 9.84 Å². The number of carboxylic acid groups (broad SMARTS) is 1. The quantitative estimate of drug-likeness (QED) is 0.740. The maximum atomic E-state index is 10.9. The number of benzene rings is 1. The smallest absolute Gasteiger partial charge is 0.339 e. The van der Waals surface area contributed by atoms with E-state index in [4.69, 9.17) is 9.84 Å². The molecular formula is C11H12O3. The summed E-state index contributed by atoms with van der Waals surface area (Å²) in [5, 5.41) is 8.95. The van der Waals surface area contributed by atoms with Gasteiger partial charge in [0, 0.05) is 0 Å². The minimum Gasteiger partial charge on any atom is -0.492 e. The van der Waals surface area contributed by atoms with E-state index in [1.165, 1.54) is 0 Å². The van der Waals surface area contributed by atoms with Crippen LogP contribution in [0.1, 0.15) is 27.9 Å². The molecule has 0 aromatic heterocycles. The molecule has 3 nitrogen and oxygen atoms in total. The van der Waals surface area contributed by atoms with Gasteiger partial charge in [0.05, 0.1) is 6.61 Å². The molecule has 0 fully saturated rings. The Morgan fingerprint density at radius 2 is 2.29 bits per heavy atom. The monoisotopic (exact) mass is 192 g/mol. The summed E-state index contributed by atoms with van der Waals surface area (Å²) in [7, 11) is 0. The Bertz CT molecular complexity index is 382. The molecule has 0 saturated heterocycles. The Kier molecular flexibility index (Phi) is 2.15. The van der Waals surface area contributed by atoms with Gasteiger partial charge in [-0.15, -0.1) is 0 Å². The van der Waals surface area contributed by atoms with Crippen LogP contribution in [0.15, 0.2) is 12.1 Å². The van der Waals surface area contributed by atoms with Crippen molar-refractivity contribution in [2.45, 2.75) is 19.8 Å². The predicted molar refractivity (Wildman–Crippen MR) is 52.0 cm³/mol. The maximum absolute atomic E-state index is 10.9. The second-order valence-electron chi connectivity index (χ2n) is 3.49. The molecule has 2 rings (SSSR count). The fourth-order valence-electron chi connectivity index (χ4n) is 1.79. The largest absolute Gasteiger partial charge is 0.492 e. The number of aromatic carboxylic acids is 1. The van der Waals surface area contributed by atoms with E-state index < -0.39 is 5.97 Å². The van der Waals surface area contributed by atoms with Crippen LogP contribution in [0.5, 0.6) is 5.75 Å². The zero-order valence-electron chi connectivity index (χ0n) is 8.04. The van der Waals surface area contributed by atoms with E-state index >= 15 is 0 Å². The van der Waals surface area contributed by atoms with Crippen molar-refractivity contribution in [1.29, 1.82) is 0 Å². The first kappa shape index (κ1) is 9.06. The molecule has 0 spiro atoms. The number of hydrogen-bond acceptors (Lipinski definition) is 2. The Hall–Kier alpha value is -1.51. The van der Waals surface area contributed by atoms with Gasteiger partial charge in [0.1, 0.15) is 11.3 Å². The van der Waals surface area contributed by atoms with Gasteiger partial charge >= 0.3 is 5.97 Å². The minimum atomic E-state index is -0.914. The summed E-state index contributed by atoms with van der Waals surface area (Å²) in [5.74, 6) is -0.341. The van der Waals surface area contributed by atoms with Gasteiger partial charge in [0.25, 0.3) is 0 Å². The van der Waals surface area contributed by atoms with Crippen molar-refractivity contribution in [1.82, 2.24) is 0 Å². The molecule has 1 aliphatic heterocycles. The van der Waals surface area contributed by atoms with E-state index in [1.54, 1.807) is 6.07 Å². The second-order valence-corrected chi connectivity index (χ2v) is 3.49. The van der Waals surface area contributed by atoms with Crippen molar-refractivity contribution >= 4 is 5.97 Å². The zero-order chi connectivity index (χ0) is 10.1. The van der Waals surface area contributed by atoms with Gasteiger partial charge in [-0.25, -0.2) is 4.79 Å². The van der Waals surface area contributed by atoms with Crippen LogP contribution in [0.3, 0.4) is 0 Å². The number of fused-ring (bicyclic) bond motifs is 1. The topological polar surface area (TPSA) is 46.5 Å². The summed E-state index contributed by atoms with van der Waals surface area (Å²) in [6.45, 7) is 2.61. The van der Waals surface area contributed by atoms with Crippen LogP contribution in [0.2, 0.25) is 0 Å². The van der Waals surface area contributed by atoms with Crippen molar-refractivity contribution < 1.29 is 14.6 Å². The predicted octanol–water partition coefficient (Wildman–Crippen LogP) is 2.02.